The SMILES string of the molecule is Cc1c(-c2ccc3cc(OCC(F)F)cc(C)c3n2)oc2ccccc12. The molecule has 0 N–H and O–H groups in total. The van der Waals surface area contributed by atoms with Crippen molar-refractivity contribution in [3.8, 4) is 17.2 Å². The normalized spacial score (nSPS) is 11.6. The molecule has 0 atom stereocenters. The summed E-state index contributed by atoms with van der Waals surface area (Å²) < 4.78 is 35.8. The topological polar surface area (TPSA) is 35.3 Å². The van der Waals surface area contributed by atoms with Gasteiger partial charge in [-0.3, -0.25) is 0 Å². The molecule has 0 bridgehead atoms. The minimum Gasteiger partial charge on any atom is -0.488 e. The monoisotopic (exact) mass is 353 g/mol. The number of nitrogens with zero attached hydrogens (tertiary/aromatic N) is 1. The average Bonchev–Trinajstić information content (AvgIpc) is 2.97. The number of ether oxygens (including phenoxy) is 1. The summed E-state index contributed by atoms with van der Waals surface area (Å²) in [6, 6.07) is 15.1. The van der Waals surface area contributed by atoms with Crippen LogP contribution in [0.4, 0.5) is 8.78 Å². The molecule has 0 spiro atoms. The predicted octanol–water partition coefficient (Wildman–Crippen LogP) is 5.91. The number of alkyl halides is 2. The lowest BCUT2D eigenvalue weighted by Crippen LogP contribution is -2.07. The number of rotatable bonds is 4. The van der Waals surface area contributed by atoms with E-state index in [9.17, 15) is 8.78 Å². The molecular formula is C21H17F2NO2. The van der Waals surface area contributed by atoms with Crippen molar-refractivity contribution in [2.75, 3.05) is 6.61 Å². The van der Waals surface area contributed by atoms with Crippen molar-refractivity contribution in [2.45, 2.75) is 20.3 Å². The Balaban J connectivity index is 1.78. The van der Waals surface area contributed by atoms with Gasteiger partial charge in [0.15, 0.2) is 5.76 Å². The lowest BCUT2D eigenvalue weighted by molar-refractivity contribution is 0.0819. The van der Waals surface area contributed by atoms with Crippen molar-refractivity contribution in [1.82, 2.24) is 4.98 Å². The maximum atomic E-state index is 12.4. The van der Waals surface area contributed by atoms with Crippen molar-refractivity contribution in [3.05, 3.63) is 59.7 Å². The quantitative estimate of drug-likeness (QED) is 0.457. The fraction of sp³-hybridized carbons (Fsp3) is 0.190. The molecule has 4 aromatic rings. The Morgan fingerprint density at radius 2 is 1.88 bits per heavy atom. The molecule has 3 nitrogen and oxygen atoms in total. The summed E-state index contributed by atoms with van der Waals surface area (Å²) in [4.78, 5) is 4.74. The van der Waals surface area contributed by atoms with Crippen molar-refractivity contribution in [3.63, 3.8) is 0 Å². The van der Waals surface area contributed by atoms with Crippen LogP contribution in [0.15, 0.2) is 52.9 Å². The number of hydrogen-bond donors (Lipinski definition) is 0. The third kappa shape index (κ3) is 2.90. The van der Waals surface area contributed by atoms with Gasteiger partial charge in [0.25, 0.3) is 6.43 Å². The highest BCUT2D eigenvalue weighted by Gasteiger charge is 2.14. The number of benzene rings is 2. The number of halogens is 2. The van der Waals surface area contributed by atoms with Crippen LogP contribution in [-0.4, -0.2) is 18.0 Å². The van der Waals surface area contributed by atoms with Crippen molar-refractivity contribution >= 4 is 21.9 Å². The van der Waals surface area contributed by atoms with Crippen LogP contribution < -0.4 is 4.74 Å². The first-order valence-corrected chi connectivity index (χ1v) is 8.34. The van der Waals surface area contributed by atoms with Gasteiger partial charge in [-0.2, -0.15) is 0 Å². The van der Waals surface area contributed by atoms with Crippen LogP contribution in [0, 0.1) is 13.8 Å². The Labute approximate surface area is 149 Å². The summed E-state index contributed by atoms with van der Waals surface area (Å²) in [6.07, 6.45) is -2.50. The van der Waals surface area contributed by atoms with Crippen LogP contribution in [0.2, 0.25) is 0 Å². The second kappa shape index (κ2) is 6.41. The van der Waals surface area contributed by atoms with Crippen LogP contribution in [0.1, 0.15) is 11.1 Å². The Hall–Kier alpha value is -2.95. The molecule has 2 aromatic carbocycles. The summed E-state index contributed by atoms with van der Waals surface area (Å²) in [6.45, 7) is 3.29. The molecule has 2 aromatic heterocycles. The van der Waals surface area contributed by atoms with E-state index in [-0.39, 0.29) is 0 Å². The highest BCUT2D eigenvalue weighted by molar-refractivity contribution is 5.89. The van der Waals surface area contributed by atoms with E-state index in [0.29, 0.717) is 5.75 Å². The molecule has 4 rings (SSSR count). The number of aromatic nitrogens is 1. The maximum absolute atomic E-state index is 12.4. The molecule has 0 saturated carbocycles. The number of furan rings is 1. The van der Waals surface area contributed by atoms with Gasteiger partial charge in [-0.1, -0.05) is 24.3 Å². The molecule has 0 aliphatic rings. The summed E-state index contributed by atoms with van der Waals surface area (Å²) in [7, 11) is 0. The number of pyridine rings is 1. The molecular weight excluding hydrogens is 336 g/mol. The second-order valence-electron chi connectivity index (χ2n) is 6.26. The van der Waals surface area contributed by atoms with Gasteiger partial charge >= 0.3 is 0 Å². The molecule has 2 heterocycles. The van der Waals surface area contributed by atoms with Gasteiger partial charge in [-0.15, -0.1) is 0 Å². The average molecular weight is 353 g/mol. The number of hydrogen-bond acceptors (Lipinski definition) is 3. The summed E-state index contributed by atoms with van der Waals surface area (Å²) in [5.41, 5.74) is 4.28. The fourth-order valence-electron chi connectivity index (χ4n) is 3.17. The summed E-state index contributed by atoms with van der Waals surface area (Å²) >= 11 is 0. The summed E-state index contributed by atoms with van der Waals surface area (Å²) in [5.74, 6) is 1.16. The van der Waals surface area contributed by atoms with Crippen LogP contribution in [0.5, 0.6) is 5.75 Å². The van der Waals surface area contributed by atoms with Crippen molar-refractivity contribution < 1.29 is 17.9 Å². The zero-order valence-corrected chi connectivity index (χ0v) is 14.4. The predicted molar refractivity (Wildman–Crippen MR) is 97.9 cm³/mol. The Kier molecular flexibility index (Phi) is 4.07. The molecule has 26 heavy (non-hydrogen) atoms. The van der Waals surface area contributed by atoms with E-state index >= 15 is 0 Å². The zero-order chi connectivity index (χ0) is 18.3. The third-order valence-corrected chi connectivity index (χ3v) is 4.41. The lowest BCUT2D eigenvalue weighted by atomic mass is 10.1. The van der Waals surface area contributed by atoms with E-state index in [0.717, 1.165) is 44.5 Å². The number of para-hydroxylation sites is 1. The highest BCUT2D eigenvalue weighted by Crippen LogP contribution is 2.33. The Bertz CT molecular complexity index is 1100. The van der Waals surface area contributed by atoms with Crippen LogP contribution in [0.3, 0.4) is 0 Å². The zero-order valence-electron chi connectivity index (χ0n) is 14.4. The highest BCUT2D eigenvalue weighted by atomic mass is 19.3. The Morgan fingerprint density at radius 3 is 2.65 bits per heavy atom. The molecule has 5 heteroatoms. The molecule has 0 radical (unpaired) electrons. The smallest absolute Gasteiger partial charge is 0.272 e. The molecule has 0 unspecified atom stereocenters. The van der Waals surface area contributed by atoms with Gasteiger partial charge in [0.2, 0.25) is 0 Å². The fourth-order valence-corrected chi connectivity index (χ4v) is 3.17. The van der Waals surface area contributed by atoms with Gasteiger partial charge < -0.3 is 9.15 Å². The van der Waals surface area contributed by atoms with Crippen molar-refractivity contribution in [2.24, 2.45) is 0 Å². The minimum atomic E-state index is -2.50. The lowest BCUT2D eigenvalue weighted by Gasteiger charge is -2.09. The first-order chi connectivity index (χ1) is 12.5. The molecule has 0 saturated heterocycles. The molecule has 0 fully saturated rings. The van der Waals surface area contributed by atoms with Gasteiger partial charge in [-0.25, -0.2) is 13.8 Å². The number of fused-ring (bicyclic) bond motifs is 2. The first-order valence-electron chi connectivity index (χ1n) is 8.34. The van der Waals surface area contributed by atoms with Crippen LogP contribution in [0.25, 0.3) is 33.3 Å². The largest absolute Gasteiger partial charge is 0.488 e. The standard InChI is InChI=1S/C21H17F2NO2/c1-12-9-15(25-11-19(22)23)10-14-7-8-17(24-20(12)14)21-13(2)16-5-3-4-6-18(16)26-21/h3-10,19H,11H2,1-2H3. The van der Waals surface area contributed by atoms with Gasteiger partial charge in [0, 0.05) is 16.3 Å². The minimum absolute atomic E-state index is 0.421. The van der Waals surface area contributed by atoms with E-state index < -0.39 is 13.0 Å². The third-order valence-electron chi connectivity index (χ3n) is 4.41. The maximum Gasteiger partial charge on any atom is 0.272 e. The van der Waals surface area contributed by atoms with Crippen LogP contribution in [-0.2, 0) is 0 Å². The van der Waals surface area contributed by atoms with Crippen molar-refractivity contribution in [1.29, 1.82) is 0 Å². The summed E-state index contributed by atoms with van der Waals surface area (Å²) in [5, 5.41) is 1.91. The van der Waals surface area contributed by atoms with Gasteiger partial charge in [0.05, 0.1) is 5.52 Å². The van der Waals surface area contributed by atoms with E-state index in [1.54, 1.807) is 12.1 Å². The van der Waals surface area contributed by atoms with E-state index in [1.807, 2.05) is 50.2 Å². The molecule has 0 aliphatic heterocycles. The van der Waals surface area contributed by atoms with E-state index in [1.165, 1.54) is 0 Å². The molecule has 132 valence electrons. The van der Waals surface area contributed by atoms with E-state index in [4.69, 9.17) is 14.1 Å². The molecule has 0 amide bonds. The van der Waals surface area contributed by atoms with Crippen LogP contribution >= 0.6 is 0 Å². The van der Waals surface area contributed by atoms with E-state index in [2.05, 4.69) is 0 Å². The van der Waals surface area contributed by atoms with Gasteiger partial charge in [-0.05, 0) is 43.7 Å². The Morgan fingerprint density at radius 1 is 1.08 bits per heavy atom. The molecule has 0 aliphatic carbocycles. The second-order valence-corrected chi connectivity index (χ2v) is 6.26. The van der Waals surface area contributed by atoms with Gasteiger partial charge in [0.1, 0.15) is 23.6 Å². The first kappa shape index (κ1) is 16.5. The number of aryl methyl sites for hydroxylation is 2.